The first-order valence-corrected chi connectivity index (χ1v) is 8.38. The third kappa shape index (κ3) is 6.66. The monoisotopic (exact) mass is 444 g/mol. The van der Waals surface area contributed by atoms with E-state index in [4.69, 9.17) is 15.9 Å². The second-order valence-electron chi connectivity index (χ2n) is 5.96. The van der Waals surface area contributed by atoms with E-state index in [1.165, 1.54) is 25.2 Å². The van der Waals surface area contributed by atoms with Crippen LogP contribution in [0.25, 0.3) is 0 Å². The zero-order valence-corrected chi connectivity index (χ0v) is 16.6. The first-order chi connectivity index (χ1) is 13.6. The number of nitrogens with one attached hydrogen (secondary N) is 3. The first kappa shape index (κ1) is 24.8. The van der Waals surface area contributed by atoms with Crippen molar-refractivity contribution < 1.29 is 27.5 Å². The van der Waals surface area contributed by atoms with E-state index >= 15 is 0 Å². The van der Waals surface area contributed by atoms with Gasteiger partial charge in [-0.25, -0.2) is 0 Å². The van der Waals surface area contributed by atoms with Crippen LogP contribution < -0.4 is 21.1 Å². The van der Waals surface area contributed by atoms with Crippen molar-refractivity contribution in [3.05, 3.63) is 64.7 Å². The Kier molecular flexibility index (Phi) is 8.66. The molecule has 0 aliphatic rings. The molecular formula is C19H20ClF3N4O3. The molecule has 0 saturated heterocycles. The van der Waals surface area contributed by atoms with Crippen LogP contribution in [0.4, 0.5) is 13.2 Å². The topological polar surface area (TPSA) is 117 Å². The van der Waals surface area contributed by atoms with Crippen LogP contribution in [0.2, 0.25) is 0 Å². The molecule has 0 radical (unpaired) electrons. The van der Waals surface area contributed by atoms with Crippen molar-refractivity contribution in [2.45, 2.75) is 12.7 Å². The summed E-state index contributed by atoms with van der Waals surface area (Å²) in [5, 5.41) is 12.4. The fourth-order valence-corrected chi connectivity index (χ4v) is 2.33. The van der Waals surface area contributed by atoms with Gasteiger partial charge in [0.1, 0.15) is 11.6 Å². The molecule has 0 heterocycles. The van der Waals surface area contributed by atoms with Crippen LogP contribution in [-0.4, -0.2) is 31.3 Å². The molecule has 0 spiro atoms. The van der Waals surface area contributed by atoms with Gasteiger partial charge in [0.25, 0.3) is 11.8 Å². The van der Waals surface area contributed by atoms with Crippen molar-refractivity contribution in [3.8, 4) is 5.75 Å². The largest absolute Gasteiger partial charge is 0.483 e. The lowest BCUT2D eigenvalue weighted by Gasteiger charge is -2.14. The standard InChI is InChI=1S/C19H19F3N4O3.ClH/c1-25-16(27)10-29-15-8-11(17(23)24)5-6-13(15)9-26-18(28)12-3-2-4-14(7-12)19(20,21)22;/h2-8H,9-10H2,1H3,(H3,23,24)(H,25,27)(H,26,28);1H. The molecule has 0 saturated carbocycles. The van der Waals surface area contributed by atoms with Crippen LogP contribution in [0.3, 0.4) is 0 Å². The lowest BCUT2D eigenvalue weighted by molar-refractivity contribution is -0.137. The number of benzene rings is 2. The highest BCUT2D eigenvalue weighted by Crippen LogP contribution is 2.29. The Morgan fingerprint density at radius 2 is 1.83 bits per heavy atom. The van der Waals surface area contributed by atoms with Crippen molar-refractivity contribution in [2.75, 3.05) is 13.7 Å². The average Bonchev–Trinajstić information content (AvgIpc) is 2.69. The number of nitrogens with two attached hydrogens (primary N) is 1. The highest BCUT2D eigenvalue weighted by atomic mass is 35.5. The molecule has 30 heavy (non-hydrogen) atoms. The quantitative estimate of drug-likeness (QED) is 0.387. The molecule has 0 aliphatic carbocycles. The van der Waals surface area contributed by atoms with E-state index in [0.29, 0.717) is 11.1 Å². The van der Waals surface area contributed by atoms with Gasteiger partial charge in [-0.1, -0.05) is 18.2 Å². The Balaban J connectivity index is 0.00000450. The van der Waals surface area contributed by atoms with Crippen LogP contribution in [0, 0.1) is 5.41 Å². The fraction of sp³-hybridized carbons (Fsp3) is 0.211. The van der Waals surface area contributed by atoms with Crippen molar-refractivity contribution in [2.24, 2.45) is 5.73 Å². The summed E-state index contributed by atoms with van der Waals surface area (Å²) in [6.07, 6.45) is -4.56. The third-order valence-electron chi connectivity index (χ3n) is 3.91. The SMILES string of the molecule is CNC(=O)COc1cc(C(=N)N)ccc1CNC(=O)c1cccc(C(F)(F)F)c1.Cl. The minimum absolute atomic E-state index is 0. The van der Waals surface area contributed by atoms with Gasteiger partial charge in [-0.2, -0.15) is 13.2 Å². The van der Waals surface area contributed by atoms with Crippen molar-refractivity contribution >= 4 is 30.1 Å². The Morgan fingerprint density at radius 1 is 1.13 bits per heavy atom. The summed E-state index contributed by atoms with van der Waals surface area (Å²) in [5.74, 6) is -1.10. The molecule has 2 amide bonds. The lowest BCUT2D eigenvalue weighted by atomic mass is 10.1. The normalized spacial score (nSPS) is 10.5. The van der Waals surface area contributed by atoms with Gasteiger partial charge in [0.15, 0.2) is 6.61 Å². The van der Waals surface area contributed by atoms with Crippen LogP contribution in [0.15, 0.2) is 42.5 Å². The highest BCUT2D eigenvalue weighted by Gasteiger charge is 2.30. The number of amidine groups is 1. The number of hydrogen-bond acceptors (Lipinski definition) is 4. The van der Waals surface area contributed by atoms with Crippen molar-refractivity contribution in [3.63, 3.8) is 0 Å². The van der Waals surface area contributed by atoms with E-state index in [9.17, 15) is 22.8 Å². The number of alkyl halides is 3. The van der Waals surface area contributed by atoms with Crippen molar-refractivity contribution in [1.82, 2.24) is 10.6 Å². The summed E-state index contributed by atoms with van der Waals surface area (Å²) < 4.78 is 43.8. The first-order valence-electron chi connectivity index (χ1n) is 8.38. The molecule has 0 bridgehead atoms. The Hall–Kier alpha value is -3.27. The summed E-state index contributed by atoms with van der Waals surface area (Å²) in [6, 6.07) is 8.57. The molecule has 2 aromatic carbocycles. The molecule has 0 aromatic heterocycles. The predicted molar refractivity (Wildman–Crippen MR) is 107 cm³/mol. The van der Waals surface area contributed by atoms with E-state index in [2.05, 4.69) is 10.6 Å². The summed E-state index contributed by atoms with van der Waals surface area (Å²) in [5.41, 5.74) is 5.19. The second-order valence-corrected chi connectivity index (χ2v) is 5.96. The zero-order chi connectivity index (χ0) is 21.6. The number of amides is 2. The summed E-state index contributed by atoms with van der Waals surface area (Å²) in [7, 11) is 1.44. The van der Waals surface area contributed by atoms with Gasteiger partial charge in [0.05, 0.1) is 5.56 Å². The number of carbonyl (C=O) groups excluding carboxylic acids is 2. The molecule has 0 atom stereocenters. The van der Waals surface area contributed by atoms with E-state index in [-0.39, 0.29) is 42.7 Å². The van der Waals surface area contributed by atoms with Gasteiger partial charge in [-0.3, -0.25) is 15.0 Å². The minimum atomic E-state index is -4.56. The Labute approximate surface area is 176 Å². The lowest BCUT2D eigenvalue weighted by Crippen LogP contribution is -2.26. The smallest absolute Gasteiger partial charge is 0.416 e. The molecule has 5 N–H and O–H groups in total. The van der Waals surface area contributed by atoms with E-state index in [1.54, 1.807) is 6.07 Å². The number of carbonyl (C=O) groups is 2. The molecule has 0 unspecified atom stereocenters. The molecule has 7 nitrogen and oxygen atoms in total. The summed E-state index contributed by atoms with van der Waals surface area (Å²) in [4.78, 5) is 23.7. The Morgan fingerprint density at radius 3 is 2.43 bits per heavy atom. The van der Waals surface area contributed by atoms with Crippen molar-refractivity contribution in [1.29, 1.82) is 5.41 Å². The van der Waals surface area contributed by atoms with Gasteiger partial charge in [0, 0.05) is 30.3 Å². The maximum atomic E-state index is 12.8. The van der Waals surface area contributed by atoms with Gasteiger partial charge in [-0.15, -0.1) is 12.4 Å². The molecule has 162 valence electrons. The van der Waals surface area contributed by atoms with Crippen LogP contribution in [0.5, 0.6) is 5.75 Å². The third-order valence-corrected chi connectivity index (χ3v) is 3.91. The van der Waals surface area contributed by atoms with E-state index in [1.807, 2.05) is 0 Å². The molecule has 11 heteroatoms. The highest BCUT2D eigenvalue weighted by molar-refractivity contribution is 5.96. The maximum absolute atomic E-state index is 12.8. The zero-order valence-electron chi connectivity index (χ0n) is 15.8. The van der Waals surface area contributed by atoms with Gasteiger partial charge in [0.2, 0.25) is 0 Å². The molecular weight excluding hydrogens is 425 g/mol. The van der Waals surface area contributed by atoms with Crippen LogP contribution >= 0.6 is 12.4 Å². The molecule has 2 aromatic rings. The van der Waals surface area contributed by atoms with Gasteiger partial charge >= 0.3 is 6.18 Å². The van der Waals surface area contributed by atoms with Crippen LogP contribution in [0.1, 0.15) is 27.0 Å². The summed E-state index contributed by atoms with van der Waals surface area (Å²) >= 11 is 0. The minimum Gasteiger partial charge on any atom is -0.483 e. The number of nitrogen functional groups attached to an aromatic ring is 1. The van der Waals surface area contributed by atoms with E-state index < -0.39 is 23.6 Å². The molecule has 0 fully saturated rings. The second kappa shape index (κ2) is 10.5. The number of hydrogen-bond donors (Lipinski definition) is 4. The number of rotatable bonds is 7. The molecule has 2 rings (SSSR count). The van der Waals surface area contributed by atoms with Gasteiger partial charge < -0.3 is 21.1 Å². The predicted octanol–water partition coefficient (Wildman–Crippen LogP) is 2.47. The van der Waals surface area contributed by atoms with Crippen LogP contribution in [-0.2, 0) is 17.5 Å². The Bertz CT molecular complexity index is 935. The van der Waals surface area contributed by atoms with E-state index in [0.717, 1.165) is 18.2 Å². The number of ether oxygens (including phenoxy) is 1. The van der Waals surface area contributed by atoms with Gasteiger partial charge in [-0.05, 0) is 24.3 Å². The fourth-order valence-electron chi connectivity index (χ4n) is 2.33. The average molecular weight is 445 g/mol. The maximum Gasteiger partial charge on any atom is 0.416 e. The number of halogens is 4. The molecule has 0 aliphatic heterocycles. The summed E-state index contributed by atoms with van der Waals surface area (Å²) in [6.45, 7) is -0.372. The number of likely N-dealkylation sites (N-methyl/N-ethyl adjacent to an activating group) is 1.